The zero-order chi connectivity index (χ0) is 20.7. The van der Waals surface area contributed by atoms with Gasteiger partial charge in [-0.2, -0.15) is 0 Å². The van der Waals surface area contributed by atoms with E-state index in [1.165, 1.54) is 11.1 Å². The Bertz CT molecular complexity index is 742. The summed E-state index contributed by atoms with van der Waals surface area (Å²) in [5.41, 5.74) is 1.80. The Hall–Kier alpha value is -1.62. The second-order valence-electron chi connectivity index (χ2n) is 8.53. The average Bonchev–Trinajstić information content (AvgIpc) is 3.36. The minimum absolute atomic E-state index is 0.297. The Kier molecular flexibility index (Phi) is 7.93. The molecule has 1 aliphatic rings. The fourth-order valence-corrected chi connectivity index (χ4v) is 4.42. The molecule has 0 amide bonds. The number of aliphatic hydroxyl groups is 1. The first-order chi connectivity index (χ1) is 14.0. The van der Waals surface area contributed by atoms with E-state index in [4.69, 9.17) is 9.15 Å². The first kappa shape index (κ1) is 22.1. The van der Waals surface area contributed by atoms with Crippen LogP contribution in [-0.4, -0.2) is 29.3 Å². The number of rotatable bonds is 11. The van der Waals surface area contributed by atoms with Crippen molar-refractivity contribution in [1.29, 1.82) is 0 Å². The molecule has 29 heavy (non-hydrogen) atoms. The highest BCUT2D eigenvalue weighted by Crippen LogP contribution is 2.33. The van der Waals surface area contributed by atoms with Gasteiger partial charge in [-0.15, -0.1) is 0 Å². The molecule has 0 bridgehead atoms. The lowest BCUT2D eigenvalue weighted by Gasteiger charge is -2.26. The maximum absolute atomic E-state index is 11.1. The van der Waals surface area contributed by atoms with Crippen LogP contribution in [0.15, 0.2) is 40.8 Å². The Morgan fingerprint density at radius 1 is 1.07 bits per heavy atom. The van der Waals surface area contributed by atoms with Crippen LogP contribution in [0, 0.1) is 6.92 Å². The number of benzene rings is 1. The van der Waals surface area contributed by atoms with E-state index < -0.39 is 5.60 Å². The van der Waals surface area contributed by atoms with Gasteiger partial charge in [0.15, 0.2) is 0 Å². The summed E-state index contributed by atoms with van der Waals surface area (Å²) in [6.07, 6.45) is 5.91. The van der Waals surface area contributed by atoms with Crippen LogP contribution in [0.2, 0.25) is 0 Å². The molecule has 1 N–H and O–H groups in total. The quantitative estimate of drug-likeness (QED) is 0.537. The summed E-state index contributed by atoms with van der Waals surface area (Å²) in [4.78, 5) is 2.42. The largest absolute Gasteiger partial charge is 0.462 e. The number of furan rings is 1. The molecule has 1 aromatic carbocycles. The fourth-order valence-electron chi connectivity index (χ4n) is 4.42. The second-order valence-corrected chi connectivity index (χ2v) is 8.53. The van der Waals surface area contributed by atoms with Gasteiger partial charge in [0.2, 0.25) is 0 Å². The second kappa shape index (κ2) is 10.4. The van der Waals surface area contributed by atoms with Crippen molar-refractivity contribution in [2.45, 2.75) is 84.1 Å². The topological polar surface area (TPSA) is 45.8 Å². The number of hydrogen-bond acceptors (Lipinski definition) is 4. The molecule has 0 radical (unpaired) electrons. The van der Waals surface area contributed by atoms with Crippen LogP contribution in [0.1, 0.15) is 75.0 Å². The van der Waals surface area contributed by atoms with Gasteiger partial charge in [-0.05, 0) is 55.9 Å². The molecule has 1 saturated heterocycles. The van der Waals surface area contributed by atoms with Gasteiger partial charge in [0, 0.05) is 19.7 Å². The lowest BCUT2D eigenvalue weighted by Crippen LogP contribution is -2.31. The van der Waals surface area contributed by atoms with Crippen LogP contribution in [-0.2, 0) is 23.4 Å². The molecule has 0 saturated carbocycles. The lowest BCUT2D eigenvalue weighted by atomic mass is 9.90. The van der Waals surface area contributed by atoms with Gasteiger partial charge in [0.1, 0.15) is 17.1 Å². The maximum atomic E-state index is 11.1. The summed E-state index contributed by atoms with van der Waals surface area (Å²) in [6.45, 7) is 9.75. The first-order valence-corrected chi connectivity index (χ1v) is 11.2. The van der Waals surface area contributed by atoms with Gasteiger partial charge in [-0.1, -0.05) is 51.0 Å². The molecule has 1 fully saturated rings. The molecule has 3 rings (SSSR count). The minimum Gasteiger partial charge on any atom is -0.462 e. The van der Waals surface area contributed by atoms with Gasteiger partial charge < -0.3 is 14.3 Å². The van der Waals surface area contributed by atoms with Gasteiger partial charge in [0.25, 0.3) is 0 Å². The summed E-state index contributed by atoms with van der Waals surface area (Å²) in [6, 6.07) is 12.6. The highest BCUT2D eigenvalue weighted by Gasteiger charge is 2.31. The molecule has 4 heteroatoms. The van der Waals surface area contributed by atoms with Gasteiger partial charge in [0.05, 0.1) is 12.6 Å². The standard InChI is InChI=1S/C25H37NO3/c1-4-14-25(27,15-5-2)24-13-12-23(29-24)19-26(18-22-11-8-16-28-22)17-21-10-7-6-9-20(21)3/h6-7,9-10,12-13,22,27H,4-5,8,11,14-19H2,1-3H3/t22-/m0/s1. The van der Waals surface area contributed by atoms with Crippen molar-refractivity contribution in [3.8, 4) is 0 Å². The summed E-state index contributed by atoms with van der Waals surface area (Å²) >= 11 is 0. The SMILES string of the molecule is CCCC(O)(CCC)c1ccc(CN(Cc2ccccc2C)C[C@@H]2CCCO2)o1. The molecule has 2 aromatic rings. The monoisotopic (exact) mass is 399 g/mol. The molecular formula is C25H37NO3. The smallest absolute Gasteiger partial charge is 0.135 e. The van der Waals surface area contributed by atoms with E-state index in [0.717, 1.165) is 70.5 Å². The summed E-state index contributed by atoms with van der Waals surface area (Å²) in [5.74, 6) is 1.63. The van der Waals surface area contributed by atoms with Crippen molar-refractivity contribution in [1.82, 2.24) is 4.90 Å². The molecule has 0 aliphatic carbocycles. The average molecular weight is 400 g/mol. The van der Waals surface area contributed by atoms with Crippen molar-refractivity contribution in [3.63, 3.8) is 0 Å². The number of ether oxygens (including phenoxy) is 1. The molecule has 2 heterocycles. The predicted molar refractivity (Wildman–Crippen MR) is 117 cm³/mol. The van der Waals surface area contributed by atoms with Gasteiger partial charge >= 0.3 is 0 Å². The third-order valence-electron chi connectivity index (χ3n) is 5.97. The molecule has 1 atom stereocenters. The molecule has 1 aromatic heterocycles. The fraction of sp³-hybridized carbons (Fsp3) is 0.600. The Morgan fingerprint density at radius 2 is 1.83 bits per heavy atom. The molecule has 4 nitrogen and oxygen atoms in total. The van der Waals surface area contributed by atoms with Crippen molar-refractivity contribution < 1.29 is 14.3 Å². The number of hydrogen-bond donors (Lipinski definition) is 1. The third kappa shape index (κ3) is 5.94. The third-order valence-corrected chi connectivity index (χ3v) is 5.97. The van der Waals surface area contributed by atoms with Crippen molar-refractivity contribution in [2.24, 2.45) is 0 Å². The van der Waals surface area contributed by atoms with E-state index >= 15 is 0 Å². The summed E-state index contributed by atoms with van der Waals surface area (Å²) < 4.78 is 12.1. The maximum Gasteiger partial charge on any atom is 0.135 e. The van der Waals surface area contributed by atoms with Crippen LogP contribution in [0.3, 0.4) is 0 Å². The zero-order valence-electron chi connectivity index (χ0n) is 18.3. The molecule has 0 unspecified atom stereocenters. The summed E-state index contributed by atoms with van der Waals surface area (Å²) in [5, 5.41) is 11.1. The zero-order valence-corrected chi connectivity index (χ0v) is 18.3. The van der Waals surface area contributed by atoms with Crippen molar-refractivity contribution in [3.05, 3.63) is 59.0 Å². The van der Waals surface area contributed by atoms with Gasteiger partial charge in [-0.3, -0.25) is 4.90 Å². The summed E-state index contributed by atoms with van der Waals surface area (Å²) in [7, 11) is 0. The normalized spacial score (nSPS) is 17.3. The van der Waals surface area contributed by atoms with Gasteiger partial charge in [-0.25, -0.2) is 0 Å². The van der Waals surface area contributed by atoms with E-state index in [1.807, 2.05) is 12.1 Å². The van der Waals surface area contributed by atoms with Crippen LogP contribution < -0.4 is 0 Å². The number of nitrogens with zero attached hydrogens (tertiary/aromatic N) is 1. The van der Waals surface area contributed by atoms with Crippen molar-refractivity contribution >= 4 is 0 Å². The van der Waals surface area contributed by atoms with E-state index in [2.05, 4.69) is 49.9 Å². The predicted octanol–water partition coefficient (Wildman–Crippen LogP) is 5.56. The lowest BCUT2D eigenvalue weighted by molar-refractivity contribution is -0.00564. The molecule has 1 aliphatic heterocycles. The minimum atomic E-state index is -0.850. The highest BCUT2D eigenvalue weighted by molar-refractivity contribution is 5.25. The van der Waals surface area contributed by atoms with Crippen LogP contribution in [0.5, 0.6) is 0 Å². The first-order valence-electron chi connectivity index (χ1n) is 11.2. The molecular weight excluding hydrogens is 362 g/mol. The number of aryl methyl sites for hydroxylation is 1. The van der Waals surface area contributed by atoms with Crippen molar-refractivity contribution in [2.75, 3.05) is 13.2 Å². The Balaban J connectivity index is 1.74. The molecule has 160 valence electrons. The van der Waals surface area contributed by atoms with E-state index in [1.54, 1.807) is 0 Å². The van der Waals surface area contributed by atoms with E-state index in [0.29, 0.717) is 11.9 Å². The Labute approximate surface area is 175 Å². The van der Waals surface area contributed by atoms with Crippen LogP contribution in [0.25, 0.3) is 0 Å². The highest BCUT2D eigenvalue weighted by atomic mass is 16.5. The van der Waals surface area contributed by atoms with Crippen LogP contribution in [0.4, 0.5) is 0 Å². The van der Waals surface area contributed by atoms with E-state index in [9.17, 15) is 5.11 Å². The Morgan fingerprint density at radius 3 is 2.48 bits per heavy atom. The van der Waals surface area contributed by atoms with Crippen LogP contribution >= 0.6 is 0 Å². The van der Waals surface area contributed by atoms with E-state index in [-0.39, 0.29) is 0 Å². The molecule has 0 spiro atoms.